The van der Waals surface area contributed by atoms with Gasteiger partial charge in [0.15, 0.2) is 0 Å². The number of carbonyl (C=O) groups is 2. The molecule has 1 fully saturated rings. The number of Topliss-reactive ketones (excluding diaryl/α,β-unsaturated/α-hetero) is 1. The smallest absolute Gasteiger partial charge is 0.295 e. The fourth-order valence-electron chi connectivity index (χ4n) is 3.20. The van der Waals surface area contributed by atoms with Gasteiger partial charge in [0.05, 0.1) is 11.6 Å². The summed E-state index contributed by atoms with van der Waals surface area (Å²) in [4.78, 5) is 30.6. The molecule has 0 bridgehead atoms. The summed E-state index contributed by atoms with van der Waals surface area (Å²) in [5.41, 5.74) is 0.932. The molecule has 0 radical (unpaired) electrons. The van der Waals surface area contributed by atoms with E-state index < -0.39 is 17.7 Å². The Kier molecular flexibility index (Phi) is 5.52. The van der Waals surface area contributed by atoms with Gasteiger partial charge >= 0.3 is 0 Å². The molecule has 1 aromatic heterocycles. The zero-order valence-electron chi connectivity index (χ0n) is 14.8. The number of methoxy groups -OCH3 is 1. The third kappa shape index (κ3) is 3.68. The number of ketones is 1. The number of ether oxygens (including phenoxy) is 1. The van der Waals surface area contributed by atoms with Crippen molar-refractivity contribution in [1.29, 1.82) is 0 Å². The number of aliphatic hydroxyl groups is 1. The number of carbonyl (C=O) groups excluding carboxylic acids is 2. The van der Waals surface area contributed by atoms with Gasteiger partial charge in [-0.15, -0.1) is 0 Å². The Hall–Kier alpha value is -3.19. The molecule has 1 aromatic carbocycles. The van der Waals surface area contributed by atoms with E-state index in [-0.39, 0.29) is 23.6 Å². The van der Waals surface area contributed by atoms with Crippen LogP contribution in [-0.4, -0.2) is 52.0 Å². The minimum atomic E-state index is -0.790. The molecule has 1 amide bonds. The number of nitrogens with zero attached hydrogens (tertiary/aromatic N) is 2. The van der Waals surface area contributed by atoms with Crippen LogP contribution in [0.15, 0.2) is 54.4 Å². The largest absolute Gasteiger partial charge is 0.508 e. The zero-order chi connectivity index (χ0) is 19.4. The number of aromatic hydroxyl groups is 1. The van der Waals surface area contributed by atoms with Crippen LogP contribution in [0.25, 0.3) is 5.76 Å². The van der Waals surface area contributed by atoms with E-state index in [1.54, 1.807) is 31.4 Å². The number of rotatable bonds is 6. The van der Waals surface area contributed by atoms with Crippen LogP contribution >= 0.6 is 0 Å². The molecule has 140 valence electrons. The Morgan fingerprint density at radius 2 is 1.96 bits per heavy atom. The Balaban J connectivity index is 2.12. The molecule has 1 aliphatic rings. The maximum absolute atomic E-state index is 12.7. The number of benzene rings is 1. The number of likely N-dealkylation sites (tertiary alicyclic amines) is 1. The molecule has 0 aliphatic carbocycles. The lowest BCUT2D eigenvalue weighted by atomic mass is 9.95. The van der Waals surface area contributed by atoms with Gasteiger partial charge in [0.25, 0.3) is 11.7 Å². The van der Waals surface area contributed by atoms with Gasteiger partial charge in [-0.3, -0.25) is 14.6 Å². The zero-order valence-corrected chi connectivity index (χ0v) is 14.8. The lowest BCUT2D eigenvalue weighted by Gasteiger charge is -2.25. The molecular formula is C20H20N2O5. The predicted octanol–water partition coefficient (Wildman–Crippen LogP) is 2.25. The summed E-state index contributed by atoms with van der Waals surface area (Å²) >= 11 is 0. The van der Waals surface area contributed by atoms with Crippen molar-refractivity contribution < 1.29 is 24.5 Å². The number of phenols is 1. The van der Waals surface area contributed by atoms with E-state index >= 15 is 0 Å². The molecule has 27 heavy (non-hydrogen) atoms. The molecule has 3 rings (SSSR count). The highest BCUT2D eigenvalue weighted by Crippen LogP contribution is 2.40. The molecule has 2 aromatic rings. The van der Waals surface area contributed by atoms with Crippen molar-refractivity contribution in [3.63, 3.8) is 0 Å². The third-order valence-electron chi connectivity index (χ3n) is 4.43. The van der Waals surface area contributed by atoms with Crippen LogP contribution in [0.4, 0.5) is 0 Å². The van der Waals surface area contributed by atoms with E-state index in [0.717, 1.165) is 0 Å². The maximum Gasteiger partial charge on any atom is 0.295 e. The van der Waals surface area contributed by atoms with Gasteiger partial charge in [0, 0.05) is 38.2 Å². The van der Waals surface area contributed by atoms with Crippen LogP contribution in [0.3, 0.4) is 0 Å². The van der Waals surface area contributed by atoms with Gasteiger partial charge in [0.2, 0.25) is 0 Å². The van der Waals surface area contributed by atoms with Crippen LogP contribution in [0.5, 0.6) is 5.75 Å². The fourth-order valence-corrected chi connectivity index (χ4v) is 3.20. The summed E-state index contributed by atoms with van der Waals surface area (Å²) in [5.74, 6) is -1.69. The highest BCUT2D eigenvalue weighted by molar-refractivity contribution is 6.46. The number of aliphatic hydroxyl groups excluding tert-OH is 1. The van der Waals surface area contributed by atoms with E-state index in [1.807, 2.05) is 0 Å². The summed E-state index contributed by atoms with van der Waals surface area (Å²) in [6.07, 6.45) is 3.52. The third-order valence-corrected chi connectivity index (χ3v) is 4.43. The number of phenolic OH excluding ortho intramolecular Hbond substituents is 1. The van der Waals surface area contributed by atoms with Gasteiger partial charge in [0.1, 0.15) is 11.5 Å². The highest BCUT2D eigenvalue weighted by Gasteiger charge is 2.45. The highest BCUT2D eigenvalue weighted by atomic mass is 16.5. The molecule has 1 aliphatic heterocycles. The second-order valence-electron chi connectivity index (χ2n) is 6.17. The molecule has 1 unspecified atom stereocenters. The summed E-state index contributed by atoms with van der Waals surface area (Å²) in [6, 6.07) is 8.66. The summed E-state index contributed by atoms with van der Waals surface area (Å²) in [5, 5.41) is 20.6. The Morgan fingerprint density at radius 3 is 2.63 bits per heavy atom. The van der Waals surface area contributed by atoms with E-state index in [0.29, 0.717) is 24.2 Å². The van der Waals surface area contributed by atoms with Crippen LogP contribution in [0, 0.1) is 0 Å². The SMILES string of the molecule is COCCCN1C(=O)C(=O)C(=C(O)c2ccncc2)C1c1cccc(O)c1. The quantitative estimate of drug-likeness (QED) is 0.351. The molecule has 0 spiro atoms. The van der Waals surface area contributed by atoms with Crippen molar-refractivity contribution in [2.45, 2.75) is 12.5 Å². The normalized spacial score (nSPS) is 18.9. The van der Waals surface area contributed by atoms with Crippen molar-refractivity contribution >= 4 is 17.4 Å². The molecule has 7 heteroatoms. The Morgan fingerprint density at radius 1 is 1.22 bits per heavy atom. The molecule has 1 saturated heterocycles. The maximum atomic E-state index is 12.7. The van der Waals surface area contributed by atoms with E-state index in [1.165, 1.54) is 29.4 Å². The molecule has 1 atom stereocenters. The number of hydrogen-bond donors (Lipinski definition) is 2. The Labute approximate surface area is 156 Å². The lowest BCUT2D eigenvalue weighted by Crippen LogP contribution is -2.31. The second kappa shape index (κ2) is 8.01. The minimum Gasteiger partial charge on any atom is -0.508 e. The van der Waals surface area contributed by atoms with Gasteiger partial charge in [-0.1, -0.05) is 12.1 Å². The molecular weight excluding hydrogens is 348 g/mol. The van der Waals surface area contributed by atoms with Gasteiger partial charge in [-0.05, 0) is 36.2 Å². The first-order valence-electron chi connectivity index (χ1n) is 8.51. The average molecular weight is 368 g/mol. The molecule has 2 N–H and O–H groups in total. The van der Waals surface area contributed by atoms with E-state index in [4.69, 9.17) is 4.74 Å². The van der Waals surface area contributed by atoms with Crippen LogP contribution in [-0.2, 0) is 14.3 Å². The standard InChI is InChI=1S/C20H20N2O5/c1-27-11-3-10-22-17(14-4-2-5-15(23)12-14)16(19(25)20(22)26)18(24)13-6-8-21-9-7-13/h2,4-9,12,17,23-24H,3,10-11H2,1H3. The fraction of sp³-hybridized carbons (Fsp3) is 0.250. The second-order valence-corrected chi connectivity index (χ2v) is 6.17. The van der Waals surface area contributed by atoms with Crippen molar-refractivity contribution in [2.24, 2.45) is 0 Å². The van der Waals surface area contributed by atoms with Crippen molar-refractivity contribution in [3.8, 4) is 5.75 Å². The number of pyridine rings is 1. The first kappa shape index (κ1) is 18.6. The van der Waals surface area contributed by atoms with Crippen molar-refractivity contribution in [1.82, 2.24) is 9.88 Å². The van der Waals surface area contributed by atoms with Gasteiger partial charge in [-0.2, -0.15) is 0 Å². The van der Waals surface area contributed by atoms with Gasteiger partial charge in [-0.25, -0.2) is 0 Å². The van der Waals surface area contributed by atoms with Crippen molar-refractivity contribution in [3.05, 3.63) is 65.5 Å². The first-order chi connectivity index (χ1) is 13.0. The first-order valence-corrected chi connectivity index (χ1v) is 8.51. The summed E-state index contributed by atoms with van der Waals surface area (Å²) < 4.78 is 5.04. The van der Waals surface area contributed by atoms with Crippen molar-refractivity contribution in [2.75, 3.05) is 20.3 Å². The topological polar surface area (TPSA) is 100.0 Å². The van der Waals surface area contributed by atoms with Crippen LogP contribution in [0.1, 0.15) is 23.6 Å². The number of amides is 1. The Bertz CT molecular complexity index is 879. The van der Waals surface area contributed by atoms with E-state index in [2.05, 4.69) is 4.98 Å². The predicted molar refractivity (Wildman–Crippen MR) is 97.8 cm³/mol. The monoisotopic (exact) mass is 368 g/mol. The van der Waals surface area contributed by atoms with E-state index in [9.17, 15) is 19.8 Å². The van der Waals surface area contributed by atoms with Gasteiger partial charge < -0.3 is 19.8 Å². The average Bonchev–Trinajstić information content (AvgIpc) is 2.93. The minimum absolute atomic E-state index is 0.00535. The lowest BCUT2D eigenvalue weighted by molar-refractivity contribution is -0.140. The summed E-state index contributed by atoms with van der Waals surface area (Å²) in [6.45, 7) is 0.714. The summed E-state index contributed by atoms with van der Waals surface area (Å²) in [7, 11) is 1.56. The molecule has 2 heterocycles. The molecule has 7 nitrogen and oxygen atoms in total. The number of hydrogen-bond acceptors (Lipinski definition) is 6. The van der Waals surface area contributed by atoms with Crippen LogP contribution in [0.2, 0.25) is 0 Å². The molecule has 0 saturated carbocycles. The van der Waals surface area contributed by atoms with Crippen LogP contribution < -0.4 is 0 Å². The number of aromatic nitrogens is 1.